The number of nitrogens with one attached hydrogen (secondary N) is 1. The topological polar surface area (TPSA) is 59.3 Å². The minimum absolute atomic E-state index is 0.0858. The van der Waals surface area contributed by atoms with Crippen molar-refractivity contribution < 1.29 is 4.79 Å². The molecular weight excluding hydrogens is 288 g/mol. The molecular formula is C18H18N4O. The molecule has 4 rings (SSSR count). The van der Waals surface area contributed by atoms with Gasteiger partial charge in [-0.1, -0.05) is 42.8 Å². The number of rotatable bonds is 4. The molecule has 3 aromatic rings. The second kappa shape index (κ2) is 5.50. The van der Waals surface area contributed by atoms with Crippen LogP contribution in [0.15, 0.2) is 54.7 Å². The maximum absolute atomic E-state index is 12.8. The average molecular weight is 306 g/mol. The second-order valence-electron chi connectivity index (χ2n) is 6.03. The van der Waals surface area contributed by atoms with Crippen LogP contribution in [0, 0.1) is 0 Å². The van der Waals surface area contributed by atoms with E-state index in [0.29, 0.717) is 6.54 Å². The highest BCUT2D eigenvalue weighted by Gasteiger charge is 2.45. The Balaban J connectivity index is 1.53. The number of hydrogen-bond acceptors (Lipinski definition) is 3. The van der Waals surface area contributed by atoms with Crippen LogP contribution in [0.3, 0.4) is 0 Å². The predicted octanol–water partition coefficient (Wildman–Crippen LogP) is 2.47. The molecule has 0 spiro atoms. The molecule has 0 saturated heterocycles. The molecule has 2 aromatic heterocycles. The normalized spacial score (nSPS) is 16.0. The number of benzene rings is 1. The minimum Gasteiger partial charge on any atom is -0.348 e. The molecule has 0 atom stereocenters. The van der Waals surface area contributed by atoms with Crippen molar-refractivity contribution in [1.29, 1.82) is 0 Å². The van der Waals surface area contributed by atoms with Gasteiger partial charge in [-0.05, 0) is 30.5 Å². The van der Waals surface area contributed by atoms with Crippen molar-refractivity contribution in [2.75, 3.05) is 0 Å². The molecule has 0 unspecified atom stereocenters. The average Bonchev–Trinajstić information content (AvgIpc) is 2.96. The van der Waals surface area contributed by atoms with Gasteiger partial charge in [-0.25, -0.2) is 0 Å². The summed E-state index contributed by atoms with van der Waals surface area (Å²) in [6.45, 7) is 0.387. The van der Waals surface area contributed by atoms with E-state index in [1.54, 1.807) is 0 Å². The number of aromatic nitrogens is 3. The van der Waals surface area contributed by atoms with Gasteiger partial charge in [0.25, 0.3) is 0 Å². The molecule has 1 aliphatic rings. The third kappa shape index (κ3) is 2.29. The lowest BCUT2D eigenvalue weighted by Crippen LogP contribution is -2.49. The Kier molecular flexibility index (Phi) is 3.33. The van der Waals surface area contributed by atoms with E-state index in [4.69, 9.17) is 0 Å². The lowest BCUT2D eigenvalue weighted by Gasteiger charge is -2.40. The molecule has 0 bridgehead atoms. The zero-order valence-electron chi connectivity index (χ0n) is 12.8. The summed E-state index contributed by atoms with van der Waals surface area (Å²) in [4.78, 5) is 12.8. The summed E-state index contributed by atoms with van der Waals surface area (Å²) in [5.41, 5.74) is 1.52. The van der Waals surface area contributed by atoms with Crippen molar-refractivity contribution in [3.8, 4) is 0 Å². The van der Waals surface area contributed by atoms with Crippen molar-refractivity contribution in [1.82, 2.24) is 19.9 Å². The Bertz CT molecular complexity index is 836. The number of pyridine rings is 1. The van der Waals surface area contributed by atoms with Crippen LogP contribution in [0.5, 0.6) is 0 Å². The number of carbonyl (C=O) groups is 1. The maximum Gasteiger partial charge on any atom is 0.231 e. The van der Waals surface area contributed by atoms with E-state index in [1.807, 2.05) is 59.1 Å². The van der Waals surface area contributed by atoms with Gasteiger partial charge in [-0.15, -0.1) is 10.2 Å². The third-order valence-electron chi connectivity index (χ3n) is 4.76. The smallest absolute Gasteiger partial charge is 0.231 e. The van der Waals surface area contributed by atoms with Gasteiger partial charge < -0.3 is 5.32 Å². The molecule has 0 radical (unpaired) electrons. The zero-order valence-corrected chi connectivity index (χ0v) is 12.8. The number of nitrogens with zero attached hydrogens (tertiary/aromatic N) is 3. The molecule has 1 amide bonds. The largest absolute Gasteiger partial charge is 0.348 e. The number of amides is 1. The highest BCUT2D eigenvalue weighted by atomic mass is 16.2. The van der Waals surface area contributed by atoms with Crippen LogP contribution in [-0.2, 0) is 16.8 Å². The fourth-order valence-electron chi connectivity index (χ4n) is 3.27. The zero-order chi connectivity index (χ0) is 15.7. The standard InChI is InChI=1S/C18H18N4O/c23-17(18(10-6-11-18)14-7-2-1-3-8-14)19-13-16-21-20-15-9-4-5-12-22(15)16/h1-5,7-9,12H,6,10-11,13H2,(H,19,23). The van der Waals surface area contributed by atoms with E-state index in [0.717, 1.165) is 36.3 Å². The fraction of sp³-hybridized carbons (Fsp3) is 0.278. The van der Waals surface area contributed by atoms with E-state index in [1.165, 1.54) is 0 Å². The number of hydrogen-bond donors (Lipinski definition) is 1. The molecule has 5 nitrogen and oxygen atoms in total. The summed E-state index contributed by atoms with van der Waals surface area (Å²) in [6, 6.07) is 15.8. The van der Waals surface area contributed by atoms with E-state index < -0.39 is 0 Å². The summed E-state index contributed by atoms with van der Waals surface area (Å²) < 4.78 is 1.90. The van der Waals surface area contributed by atoms with Crippen molar-refractivity contribution in [3.63, 3.8) is 0 Å². The summed E-state index contributed by atoms with van der Waals surface area (Å²) in [6.07, 6.45) is 4.82. The summed E-state index contributed by atoms with van der Waals surface area (Å²) in [5.74, 6) is 0.833. The van der Waals surface area contributed by atoms with E-state index >= 15 is 0 Å². The molecule has 2 heterocycles. The molecule has 1 fully saturated rings. The monoisotopic (exact) mass is 306 g/mol. The molecule has 1 N–H and O–H groups in total. The highest BCUT2D eigenvalue weighted by molar-refractivity contribution is 5.89. The second-order valence-corrected chi connectivity index (χ2v) is 6.03. The van der Waals surface area contributed by atoms with Gasteiger partial charge in [0.05, 0.1) is 12.0 Å². The Labute approximate surface area is 134 Å². The van der Waals surface area contributed by atoms with E-state index in [-0.39, 0.29) is 11.3 Å². The predicted molar refractivity (Wildman–Crippen MR) is 86.8 cm³/mol. The molecule has 1 saturated carbocycles. The van der Waals surface area contributed by atoms with Crippen molar-refractivity contribution >= 4 is 11.6 Å². The summed E-state index contributed by atoms with van der Waals surface area (Å²) in [7, 11) is 0. The third-order valence-corrected chi connectivity index (χ3v) is 4.76. The number of fused-ring (bicyclic) bond motifs is 1. The number of carbonyl (C=O) groups excluding carboxylic acids is 1. The van der Waals surface area contributed by atoms with E-state index in [9.17, 15) is 4.79 Å². The first-order valence-electron chi connectivity index (χ1n) is 7.92. The summed E-state index contributed by atoms with van der Waals surface area (Å²) in [5, 5.41) is 11.3. The van der Waals surface area contributed by atoms with Gasteiger partial charge in [0.2, 0.25) is 5.91 Å². The van der Waals surface area contributed by atoms with Gasteiger partial charge in [0.15, 0.2) is 11.5 Å². The highest BCUT2D eigenvalue weighted by Crippen LogP contribution is 2.43. The van der Waals surface area contributed by atoms with Crippen LogP contribution in [0.25, 0.3) is 5.65 Å². The molecule has 1 aromatic carbocycles. The quantitative estimate of drug-likeness (QED) is 0.805. The Morgan fingerprint density at radius 2 is 1.87 bits per heavy atom. The lowest BCUT2D eigenvalue weighted by atomic mass is 9.64. The Hall–Kier alpha value is -2.69. The first-order chi connectivity index (χ1) is 11.3. The molecule has 116 valence electrons. The van der Waals surface area contributed by atoms with Gasteiger partial charge in [0.1, 0.15) is 0 Å². The van der Waals surface area contributed by atoms with Crippen molar-refractivity contribution in [2.24, 2.45) is 0 Å². The van der Waals surface area contributed by atoms with Crippen molar-refractivity contribution in [3.05, 3.63) is 66.1 Å². The first kappa shape index (κ1) is 13.9. The minimum atomic E-state index is -0.373. The van der Waals surface area contributed by atoms with Gasteiger partial charge in [-0.3, -0.25) is 9.20 Å². The van der Waals surface area contributed by atoms with Crippen LogP contribution in [0.1, 0.15) is 30.7 Å². The molecule has 5 heteroatoms. The first-order valence-corrected chi connectivity index (χ1v) is 7.92. The Morgan fingerprint density at radius 1 is 1.09 bits per heavy atom. The van der Waals surface area contributed by atoms with Crippen LogP contribution < -0.4 is 5.32 Å². The fourth-order valence-corrected chi connectivity index (χ4v) is 3.27. The van der Waals surface area contributed by atoms with E-state index in [2.05, 4.69) is 15.5 Å². The van der Waals surface area contributed by atoms with Crippen LogP contribution >= 0.6 is 0 Å². The van der Waals surface area contributed by atoms with Crippen LogP contribution in [0.2, 0.25) is 0 Å². The maximum atomic E-state index is 12.8. The van der Waals surface area contributed by atoms with Crippen LogP contribution in [-0.4, -0.2) is 20.5 Å². The molecule has 23 heavy (non-hydrogen) atoms. The van der Waals surface area contributed by atoms with Crippen molar-refractivity contribution in [2.45, 2.75) is 31.2 Å². The molecule has 1 aliphatic carbocycles. The lowest BCUT2D eigenvalue weighted by molar-refractivity contribution is -0.130. The van der Waals surface area contributed by atoms with Gasteiger partial charge in [0, 0.05) is 6.20 Å². The SMILES string of the molecule is O=C(NCc1nnc2ccccn12)C1(c2ccccc2)CCC1. The molecule has 0 aliphatic heterocycles. The van der Waals surface area contributed by atoms with Gasteiger partial charge >= 0.3 is 0 Å². The summed E-state index contributed by atoms with van der Waals surface area (Å²) >= 11 is 0. The van der Waals surface area contributed by atoms with Crippen LogP contribution in [0.4, 0.5) is 0 Å². The van der Waals surface area contributed by atoms with Gasteiger partial charge in [-0.2, -0.15) is 0 Å². The Morgan fingerprint density at radius 3 is 2.61 bits per heavy atom.